The van der Waals surface area contributed by atoms with E-state index in [0.29, 0.717) is 5.92 Å². The molecule has 0 atom stereocenters. The molecular formula is C16H23N3OS. The van der Waals surface area contributed by atoms with Crippen LogP contribution in [0.5, 0.6) is 0 Å². The van der Waals surface area contributed by atoms with Crippen molar-refractivity contribution in [2.75, 3.05) is 7.05 Å². The fourth-order valence-electron chi connectivity index (χ4n) is 3.02. The fourth-order valence-corrected chi connectivity index (χ4v) is 3.87. The minimum Gasteiger partial charge on any atom is -0.360 e. The molecule has 0 aromatic carbocycles. The summed E-state index contributed by atoms with van der Waals surface area (Å²) < 4.78 is 5.52. The first kappa shape index (κ1) is 14.7. The summed E-state index contributed by atoms with van der Waals surface area (Å²) in [7, 11) is 2.10. The molecule has 0 aliphatic heterocycles. The van der Waals surface area contributed by atoms with Crippen LogP contribution in [0.15, 0.2) is 16.0 Å². The van der Waals surface area contributed by atoms with E-state index in [0.717, 1.165) is 35.2 Å². The number of aryl methyl sites for hydroxylation is 1. The molecule has 0 N–H and O–H groups in total. The molecule has 4 nitrogen and oxygen atoms in total. The highest BCUT2D eigenvalue weighted by atomic mass is 32.1. The van der Waals surface area contributed by atoms with E-state index < -0.39 is 0 Å². The van der Waals surface area contributed by atoms with Crippen molar-refractivity contribution >= 4 is 11.3 Å². The molecule has 0 radical (unpaired) electrons. The average molecular weight is 305 g/mol. The Morgan fingerprint density at radius 1 is 1.29 bits per heavy atom. The largest absolute Gasteiger partial charge is 0.360 e. The lowest BCUT2D eigenvalue weighted by Gasteiger charge is -2.18. The maximum absolute atomic E-state index is 5.52. The van der Waals surface area contributed by atoms with Crippen LogP contribution in [-0.2, 0) is 13.1 Å². The Kier molecular flexibility index (Phi) is 4.70. The maximum atomic E-state index is 5.52. The topological polar surface area (TPSA) is 42.2 Å². The van der Waals surface area contributed by atoms with Gasteiger partial charge >= 0.3 is 0 Å². The minimum atomic E-state index is 0.614. The number of aromatic nitrogens is 2. The molecule has 0 spiro atoms. The highest BCUT2D eigenvalue weighted by Gasteiger charge is 2.19. The molecule has 1 aliphatic carbocycles. The van der Waals surface area contributed by atoms with Crippen molar-refractivity contribution in [2.45, 2.75) is 58.0 Å². The normalized spacial score (nSPS) is 16.7. The first-order valence-corrected chi connectivity index (χ1v) is 8.63. The van der Waals surface area contributed by atoms with Gasteiger partial charge in [0.25, 0.3) is 0 Å². The van der Waals surface area contributed by atoms with E-state index >= 15 is 0 Å². The molecule has 1 aliphatic rings. The van der Waals surface area contributed by atoms with Gasteiger partial charge in [-0.25, -0.2) is 4.98 Å². The highest BCUT2D eigenvalue weighted by molar-refractivity contribution is 7.09. The van der Waals surface area contributed by atoms with Crippen LogP contribution < -0.4 is 0 Å². The van der Waals surface area contributed by atoms with Crippen molar-refractivity contribution in [3.8, 4) is 0 Å². The van der Waals surface area contributed by atoms with E-state index in [1.807, 2.05) is 6.92 Å². The molecule has 0 amide bonds. The molecule has 1 fully saturated rings. The summed E-state index contributed by atoms with van der Waals surface area (Å²) in [5.41, 5.74) is 2.26. The molecule has 3 rings (SSSR count). The summed E-state index contributed by atoms with van der Waals surface area (Å²) in [4.78, 5) is 6.73. The zero-order valence-corrected chi connectivity index (χ0v) is 13.7. The average Bonchev–Trinajstić information content (AvgIpc) is 3.09. The van der Waals surface area contributed by atoms with Gasteiger partial charge in [0, 0.05) is 23.1 Å². The van der Waals surface area contributed by atoms with E-state index in [1.165, 1.54) is 32.1 Å². The summed E-state index contributed by atoms with van der Waals surface area (Å²) in [6.07, 6.45) is 6.56. The third-order valence-corrected chi connectivity index (χ3v) is 5.05. The van der Waals surface area contributed by atoms with Crippen molar-refractivity contribution in [3.63, 3.8) is 0 Å². The van der Waals surface area contributed by atoms with Crippen LogP contribution in [0.25, 0.3) is 0 Å². The van der Waals surface area contributed by atoms with Crippen LogP contribution in [-0.4, -0.2) is 22.1 Å². The first-order valence-electron chi connectivity index (χ1n) is 7.76. The lowest BCUT2D eigenvalue weighted by atomic mass is 9.87. The van der Waals surface area contributed by atoms with Crippen molar-refractivity contribution < 1.29 is 4.52 Å². The Balaban J connectivity index is 1.56. The van der Waals surface area contributed by atoms with Crippen LogP contribution >= 0.6 is 11.3 Å². The molecule has 0 saturated heterocycles. The Morgan fingerprint density at radius 3 is 2.81 bits per heavy atom. The van der Waals surface area contributed by atoms with Crippen LogP contribution in [0.2, 0.25) is 0 Å². The maximum Gasteiger partial charge on any atom is 0.150 e. The summed E-state index contributed by atoms with van der Waals surface area (Å²) in [5.74, 6) is 1.58. The third kappa shape index (κ3) is 3.92. The number of nitrogens with zero attached hydrogens (tertiary/aromatic N) is 3. The Bertz CT molecular complexity index is 572. The Morgan fingerprint density at radius 2 is 2.10 bits per heavy atom. The molecule has 5 heteroatoms. The van der Waals surface area contributed by atoms with E-state index in [9.17, 15) is 0 Å². The van der Waals surface area contributed by atoms with Crippen molar-refractivity contribution in [1.82, 2.24) is 15.0 Å². The van der Waals surface area contributed by atoms with Crippen molar-refractivity contribution in [1.29, 1.82) is 0 Å². The highest BCUT2D eigenvalue weighted by Crippen LogP contribution is 2.32. The number of hydrogen-bond acceptors (Lipinski definition) is 5. The van der Waals surface area contributed by atoms with Crippen LogP contribution in [0, 0.1) is 6.92 Å². The van der Waals surface area contributed by atoms with E-state index in [4.69, 9.17) is 4.52 Å². The molecule has 114 valence electrons. The summed E-state index contributed by atoms with van der Waals surface area (Å²) in [6, 6.07) is 2.15. The lowest BCUT2D eigenvalue weighted by Crippen LogP contribution is -2.16. The fraction of sp³-hybridized carbons (Fsp3) is 0.625. The van der Waals surface area contributed by atoms with Crippen LogP contribution in [0.4, 0.5) is 0 Å². The van der Waals surface area contributed by atoms with Gasteiger partial charge < -0.3 is 4.52 Å². The number of hydrogen-bond donors (Lipinski definition) is 0. The molecular weight excluding hydrogens is 282 g/mol. The van der Waals surface area contributed by atoms with E-state index in [1.54, 1.807) is 11.3 Å². The van der Waals surface area contributed by atoms with Gasteiger partial charge in [0.05, 0.1) is 18.8 Å². The van der Waals surface area contributed by atoms with Crippen LogP contribution in [0.1, 0.15) is 60.2 Å². The minimum absolute atomic E-state index is 0.614. The van der Waals surface area contributed by atoms with Gasteiger partial charge in [-0.05, 0) is 26.8 Å². The summed E-state index contributed by atoms with van der Waals surface area (Å²) >= 11 is 1.72. The van der Waals surface area contributed by atoms with E-state index in [2.05, 4.69) is 33.5 Å². The lowest BCUT2D eigenvalue weighted by molar-refractivity contribution is 0.264. The van der Waals surface area contributed by atoms with Gasteiger partial charge in [0.2, 0.25) is 0 Å². The molecule has 0 unspecified atom stereocenters. The predicted molar refractivity (Wildman–Crippen MR) is 84.4 cm³/mol. The quantitative estimate of drug-likeness (QED) is 0.833. The molecule has 1 saturated carbocycles. The first-order chi connectivity index (χ1) is 10.2. The van der Waals surface area contributed by atoms with Gasteiger partial charge in [-0.15, -0.1) is 11.3 Å². The van der Waals surface area contributed by atoms with Gasteiger partial charge in [0.15, 0.2) is 5.76 Å². The summed E-state index contributed by atoms with van der Waals surface area (Å²) in [6.45, 7) is 3.68. The van der Waals surface area contributed by atoms with Gasteiger partial charge in [0.1, 0.15) is 5.01 Å². The van der Waals surface area contributed by atoms with Gasteiger partial charge in [-0.2, -0.15) is 0 Å². The zero-order chi connectivity index (χ0) is 14.7. The number of thiazole rings is 1. The van der Waals surface area contributed by atoms with Gasteiger partial charge in [-0.3, -0.25) is 4.90 Å². The number of rotatable bonds is 5. The third-order valence-electron chi connectivity index (χ3n) is 4.10. The molecule has 2 aromatic heterocycles. The monoisotopic (exact) mass is 305 g/mol. The smallest absolute Gasteiger partial charge is 0.150 e. The SMILES string of the molecule is Cc1csc(CN(C)Cc2cc(C3CCCCC3)no2)n1. The zero-order valence-electron chi connectivity index (χ0n) is 12.8. The van der Waals surface area contributed by atoms with Crippen molar-refractivity contribution in [3.05, 3.63) is 33.6 Å². The summed E-state index contributed by atoms with van der Waals surface area (Å²) in [5, 5.41) is 7.54. The van der Waals surface area contributed by atoms with Crippen LogP contribution in [0.3, 0.4) is 0 Å². The molecule has 0 bridgehead atoms. The standard InChI is InChI=1S/C16H23N3OS/c1-12-11-21-16(17-12)10-19(2)9-14-8-15(18-20-14)13-6-4-3-5-7-13/h8,11,13H,3-7,9-10H2,1-2H3. The second-order valence-electron chi connectivity index (χ2n) is 6.11. The Labute approximate surface area is 130 Å². The van der Waals surface area contributed by atoms with Gasteiger partial charge in [-0.1, -0.05) is 24.4 Å². The predicted octanol–water partition coefficient (Wildman–Crippen LogP) is 4.12. The molecule has 2 aromatic rings. The van der Waals surface area contributed by atoms with Crippen molar-refractivity contribution in [2.24, 2.45) is 0 Å². The second-order valence-corrected chi connectivity index (χ2v) is 7.05. The van der Waals surface area contributed by atoms with E-state index in [-0.39, 0.29) is 0 Å². The Hall–Kier alpha value is -1.20. The molecule has 21 heavy (non-hydrogen) atoms. The molecule has 2 heterocycles. The second kappa shape index (κ2) is 6.71.